The number of hydrogen-bond donors (Lipinski definition) is 2. The summed E-state index contributed by atoms with van der Waals surface area (Å²) in [5, 5.41) is 0.245. The van der Waals surface area contributed by atoms with Crippen LogP contribution in [-0.2, 0) is 16.6 Å². The molecule has 1 heterocycles. The number of carbonyl (C=O) groups excluding carboxylic acids is 1. The molecule has 1 amide bonds. The summed E-state index contributed by atoms with van der Waals surface area (Å²) in [5.41, 5.74) is 4.02. The Kier molecular flexibility index (Phi) is 7.26. The quantitative estimate of drug-likeness (QED) is 0.548. The molecule has 4 rings (SSSR count). The lowest BCUT2D eigenvalue weighted by molar-refractivity contribution is -0.917. The normalized spacial score (nSPS) is 14.7. The number of aryl methyl sites for hydroxylation is 2. The summed E-state index contributed by atoms with van der Waals surface area (Å²) < 4.78 is 28.6. The number of carbonyl (C=O) groups is 1. The molecule has 178 valence electrons. The van der Waals surface area contributed by atoms with Crippen molar-refractivity contribution in [1.29, 1.82) is 0 Å². The van der Waals surface area contributed by atoms with Crippen LogP contribution in [0.2, 0.25) is 5.02 Å². The van der Waals surface area contributed by atoms with Crippen molar-refractivity contribution in [3.63, 3.8) is 0 Å². The van der Waals surface area contributed by atoms with Crippen LogP contribution >= 0.6 is 11.6 Å². The van der Waals surface area contributed by atoms with Crippen LogP contribution in [0.1, 0.15) is 27.0 Å². The van der Waals surface area contributed by atoms with Crippen LogP contribution in [0.3, 0.4) is 0 Å². The van der Waals surface area contributed by atoms with E-state index in [0.717, 1.165) is 30.8 Å². The molecule has 6 nitrogen and oxygen atoms in total. The number of quaternary nitrogens is 1. The number of benzene rings is 3. The highest BCUT2D eigenvalue weighted by atomic mass is 35.5. The van der Waals surface area contributed by atoms with E-state index in [4.69, 9.17) is 11.6 Å². The summed E-state index contributed by atoms with van der Waals surface area (Å²) in [6, 6.07) is 19.9. The smallest absolute Gasteiger partial charge is 0.261 e. The van der Waals surface area contributed by atoms with Crippen LogP contribution in [0.5, 0.6) is 0 Å². The highest BCUT2D eigenvalue weighted by molar-refractivity contribution is 7.92. The van der Waals surface area contributed by atoms with Crippen LogP contribution < -0.4 is 9.62 Å². The fourth-order valence-electron chi connectivity index (χ4n) is 4.11. The second-order valence-electron chi connectivity index (χ2n) is 8.75. The molecule has 1 saturated heterocycles. The van der Waals surface area contributed by atoms with Gasteiger partial charge in [0.2, 0.25) is 0 Å². The van der Waals surface area contributed by atoms with Crippen molar-refractivity contribution in [1.82, 2.24) is 4.90 Å². The molecule has 1 aliphatic heterocycles. The Balaban J connectivity index is 1.46. The lowest BCUT2D eigenvalue weighted by Crippen LogP contribution is -3.13. The molecule has 3 aromatic carbocycles. The Hall–Kier alpha value is -2.87. The van der Waals surface area contributed by atoms with Gasteiger partial charge in [-0.2, -0.15) is 0 Å². The number of anilines is 1. The molecule has 0 unspecified atom stereocenters. The van der Waals surface area contributed by atoms with Crippen LogP contribution in [0.4, 0.5) is 5.69 Å². The van der Waals surface area contributed by atoms with Gasteiger partial charge in [-0.1, -0.05) is 48.0 Å². The van der Waals surface area contributed by atoms with E-state index in [1.165, 1.54) is 28.7 Å². The molecule has 2 N–H and O–H groups in total. The van der Waals surface area contributed by atoms with Crippen LogP contribution in [0, 0.1) is 13.8 Å². The number of sulfonamides is 1. The summed E-state index contributed by atoms with van der Waals surface area (Å²) in [4.78, 5) is 16.4. The third kappa shape index (κ3) is 5.60. The lowest BCUT2D eigenvalue weighted by atomic mass is 10.1. The van der Waals surface area contributed by atoms with E-state index in [1.54, 1.807) is 17.0 Å². The topological polar surface area (TPSA) is 70.9 Å². The number of halogens is 1. The van der Waals surface area contributed by atoms with Gasteiger partial charge in [-0.05, 0) is 55.3 Å². The summed E-state index contributed by atoms with van der Waals surface area (Å²) in [7, 11) is -3.87. The molecule has 0 spiro atoms. The SMILES string of the molecule is Cc1ccc(NS(=O)(=O)c2ccc(Cl)c(C(=O)N3CC[NH+](Cc4ccccc4)CC3)c2)cc1C. The average molecular weight is 499 g/mol. The molecule has 1 fully saturated rings. The average Bonchev–Trinajstić information content (AvgIpc) is 2.82. The maximum atomic E-state index is 13.2. The van der Waals surface area contributed by atoms with Crippen LogP contribution in [-0.4, -0.2) is 45.4 Å². The predicted octanol–water partition coefficient (Wildman–Crippen LogP) is 3.30. The van der Waals surface area contributed by atoms with Gasteiger partial charge in [0.1, 0.15) is 6.54 Å². The fraction of sp³-hybridized carbons (Fsp3) is 0.269. The van der Waals surface area contributed by atoms with Gasteiger partial charge in [-0.3, -0.25) is 9.52 Å². The zero-order chi connectivity index (χ0) is 24.3. The minimum Gasteiger partial charge on any atom is -0.328 e. The molecule has 34 heavy (non-hydrogen) atoms. The van der Waals surface area contributed by atoms with Crippen molar-refractivity contribution in [3.8, 4) is 0 Å². The molecule has 8 heteroatoms. The summed E-state index contributed by atoms with van der Waals surface area (Å²) in [6.45, 7) is 7.64. The molecule has 0 aliphatic carbocycles. The first-order chi connectivity index (χ1) is 16.2. The Bertz CT molecular complexity index is 1290. The van der Waals surface area contributed by atoms with Crippen molar-refractivity contribution in [2.45, 2.75) is 25.3 Å². The van der Waals surface area contributed by atoms with Gasteiger partial charge in [-0.25, -0.2) is 8.42 Å². The van der Waals surface area contributed by atoms with Gasteiger partial charge < -0.3 is 9.80 Å². The van der Waals surface area contributed by atoms with Crippen LogP contribution in [0.15, 0.2) is 71.6 Å². The molecule has 3 aromatic rings. The van der Waals surface area contributed by atoms with Crippen molar-refractivity contribution in [2.75, 3.05) is 30.9 Å². The monoisotopic (exact) mass is 498 g/mol. The Morgan fingerprint density at radius 1 is 0.971 bits per heavy atom. The van der Waals surface area contributed by atoms with E-state index in [0.29, 0.717) is 18.8 Å². The van der Waals surface area contributed by atoms with Gasteiger partial charge in [-0.15, -0.1) is 0 Å². The maximum absolute atomic E-state index is 13.2. The molecular formula is C26H29ClN3O3S+. The predicted molar refractivity (Wildman–Crippen MR) is 135 cm³/mol. The minimum absolute atomic E-state index is 0.00631. The molecular weight excluding hydrogens is 470 g/mol. The first-order valence-electron chi connectivity index (χ1n) is 11.3. The fourth-order valence-corrected chi connectivity index (χ4v) is 5.39. The molecule has 0 saturated carbocycles. The first kappa shape index (κ1) is 24.3. The summed E-state index contributed by atoms with van der Waals surface area (Å²) >= 11 is 6.33. The Morgan fingerprint density at radius 2 is 1.68 bits per heavy atom. The van der Waals surface area contributed by atoms with Crippen LogP contribution in [0.25, 0.3) is 0 Å². The lowest BCUT2D eigenvalue weighted by Gasteiger charge is -2.32. The summed E-state index contributed by atoms with van der Waals surface area (Å²) in [6.07, 6.45) is 0. The summed E-state index contributed by atoms with van der Waals surface area (Å²) in [5.74, 6) is -0.244. The number of nitrogens with zero attached hydrogens (tertiary/aromatic N) is 1. The van der Waals surface area contributed by atoms with Gasteiger partial charge in [0.25, 0.3) is 15.9 Å². The third-order valence-corrected chi connectivity index (χ3v) is 8.00. The van der Waals surface area contributed by atoms with E-state index in [9.17, 15) is 13.2 Å². The van der Waals surface area contributed by atoms with E-state index in [-0.39, 0.29) is 21.4 Å². The first-order valence-corrected chi connectivity index (χ1v) is 13.2. The van der Waals surface area contributed by atoms with Crippen molar-refractivity contribution < 1.29 is 18.1 Å². The second kappa shape index (κ2) is 10.2. The molecule has 0 atom stereocenters. The minimum atomic E-state index is -3.87. The van der Waals surface area contributed by atoms with Gasteiger partial charge >= 0.3 is 0 Å². The van der Waals surface area contributed by atoms with Gasteiger partial charge in [0, 0.05) is 11.3 Å². The largest absolute Gasteiger partial charge is 0.328 e. The maximum Gasteiger partial charge on any atom is 0.261 e. The zero-order valence-corrected chi connectivity index (χ0v) is 20.9. The Morgan fingerprint density at radius 3 is 2.35 bits per heavy atom. The molecule has 0 radical (unpaired) electrons. The Labute approximate surface area is 206 Å². The number of piperazine rings is 1. The van der Waals surface area contributed by atoms with E-state index in [2.05, 4.69) is 16.9 Å². The number of amides is 1. The number of hydrogen-bond acceptors (Lipinski definition) is 3. The van der Waals surface area contributed by atoms with Crippen molar-refractivity contribution in [3.05, 3.63) is 94.0 Å². The van der Waals surface area contributed by atoms with Crippen molar-refractivity contribution >= 4 is 33.2 Å². The highest BCUT2D eigenvalue weighted by Gasteiger charge is 2.27. The molecule has 0 bridgehead atoms. The van der Waals surface area contributed by atoms with E-state index >= 15 is 0 Å². The van der Waals surface area contributed by atoms with E-state index < -0.39 is 10.0 Å². The van der Waals surface area contributed by atoms with Gasteiger partial charge in [0.15, 0.2) is 0 Å². The zero-order valence-electron chi connectivity index (χ0n) is 19.3. The number of nitrogens with one attached hydrogen (secondary N) is 2. The van der Waals surface area contributed by atoms with Crippen molar-refractivity contribution in [2.24, 2.45) is 0 Å². The molecule has 1 aliphatic rings. The van der Waals surface area contributed by atoms with E-state index in [1.807, 2.05) is 38.1 Å². The standard InChI is InChI=1S/C26H28ClN3O3S/c1-19-8-9-22(16-20(19)2)28-34(32,33)23-10-11-25(27)24(17-23)26(31)30-14-12-29(13-15-30)18-21-6-4-3-5-7-21/h3-11,16-17,28H,12-15,18H2,1-2H3/p+1. The third-order valence-electron chi connectivity index (χ3n) is 6.29. The second-order valence-corrected chi connectivity index (χ2v) is 10.8. The highest BCUT2D eigenvalue weighted by Crippen LogP contribution is 2.24. The van der Waals surface area contributed by atoms with Gasteiger partial charge in [0.05, 0.1) is 41.7 Å². The number of rotatable bonds is 6. The molecule has 0 aromatic heterocycles.